The molecule has 3 heterocycles. The zero-order valence-corrected chi connectivity index (χ0v) is 32.8. The Kier molecular flexibility index (Phi) is 7.20. The number of anilines is 3. The van der Waals surface area contributed by atoms with Crippen molar-refractivity contribution in [2.75, 3.05) is 4.90 Å². The van der Waals surface area contributed by atoms with E-state index >= 15 is 0 Å². The molecule has 0 radical (unpaired) electrons. The van der Waals surface area contributed by atoms with Crippen molar-refractivity contribution in [2.45, 2.75) is 19.3 Å². The fourth-order valence-corrected chi connectivity index (χ4v) is 9.72. The van der Waals surface area contributed by atoms with E-state index in [1.54, 1.807) is 0 Å². The third-order valence-corrected chi connectivity index (χ3v) is 12.4. The van der Waals surface area contributed by atoms with E-state index in [-0.39, 0.29) is 5.41 Å². The van der Waals surface area contributed by atoms with Crippen molar-refractivity contribution in [2.24, 2.45) is 0 Å². The fourth-order valence-electron chi connectivity index (χ4n) is 9.72. The van der Waals surface area contributed by atoms with Crippen LogP contribution in [0.2, 0.25) is 0 Å². The maximum atomic E-state index is 5.51. The number of benzene rings is 8. The largest absolute Gasteiger partial charge is 0.310 e. The van der Waals surface area contributed by atoms with Crippen LogP contribution in [0, 0.1) is 0 Å². The van der Waals surface area contributed by atoms with Gasteiger partial charge < -0.3 is 4.90 Å². The van der Waals surface area contributed by atoms with Crippen LogP contribution in [0.15, 0.2) is 200 Å². The van der Waals surface area contributed by atoms with Crippen molar-refractivity contribution in [1.82, 2.24) is 18.5 Å². The van der Waals surface area contributed by atoms with Gasteiger partial charge in [0, 0.05) is 39.1 Å². The first-order chi connectivity index (χ1) is 29.1. The molecule has 0 aliphatic heterocycles. The monoisotopic (exact) mass is 757 g/mol. The maximum absolute atomic E-state index is 5.51. The minimum absolute atomic E-state index is 0.134. The minimum Gasteiger partial charge on any atom is -0.310 e. The second-order valence-electron chi connectivity index (χ2n) is 16.1. The predicted octanol–water partition coefficient (Wildman–Crippen LogP) is 13.8. The number of para-hydroxylation sites is 3. The van der Waals surface area contributed by atoms with Crippen molar-refractivity contribution >= 4 is 55.9 Å². The standard InChI is InChI=1S/C54H39N5/c1-54(2)44-25-14-12-23-42(44)50-45(54)26-16-28-48(50)56(40-31-29-37(30-32-40)36-17-6-3-7-18-36)41-33-34-47-49(35-41)58(39-21-10-5-11-22-39)53-55-51-43-24-13-15-27-46(43)57(52(51)59(47)53)38-19-8-4-9-20-38/h3-35H,1-2H3. The summed E-state index contributed by atoms with van der Waals surface area (Å²) in [5.74, 6) is 0.874. The van der Waals surface area contributed by atoms with E-state index in [1.165, 1.54) is 33.4 Å². The van der Waals surface area contributed by atoms with Gasteiger partial charge in [-0.1, -0.05) is 147 Å². The zero-order valence-electron chi connectivity index (χ0n) is 32.8. The molecule has 5 heteroatoms. The summed E-state index contributed by atoms with van der Waals surface area (Å²) in [4.78, 5) is 7.96. The molecule has 11 aromatic rings. The summed E-state index contributed by atoms with van der Waals surface area (Å²) in [6, 6.07) is 72.2. The number of aromatic nitrogens is 4. The molecular weight excluding hydrogens is 719 g/mol. The van der Waals surface area contributed by atoms with Crippen LogP contribution in [0.1, 0.15) is 25.0 Å². The first-order valence-corrected chi connectivity index (χ1v) is 20.3. The molecule has 0 N–H and O–H groups in total. The molecule has 1 aliphatic rings. The molecule has 0 spiro atoms. The Morgan fingerprint density at radius 1 is 0.475 bits per heavy atom. The molecule has 1 aliphatic carbocycles. The Morgan fingerprint density at radius 2 is 1.08 bits per heavy atom. The van der Waals surface area contributed by atoms with E-state index in [1.807, 2.05) is 0 Å². The van der Waals surface area contributed by atoms with Crippen LogP contribution < -0.4 is 4.90 Å². The van der Waals surface area contributed by atoms with Crippen LogP contribution in [-0.2, 0) is 5.41 Å². The number of imidazole rings is 2. The first-order valence-electron chi connectivity index (χ1n) is 20.3. The molecule has 3 aromatic heterocycles. The highest BCUT2D eigenvalue weighted by atomic mass is 15.3. The zero-order chi connectivity index (χ0) is 39.2. The number of rotatable bonds is 6. The van der Waals surface area contributed by atoms with E-state index in [0.29, 0.717) is 0 Å². The molecule has 12 rings (SSSR count). The summed E-state index contributed by atoms with van der Waals surface area (Å²) in [6.45, 7) is 4.70. The van der Waals surface area contributed by atoms with Gasteiger partial charge in [0.1, 0.15) is 5.52 Å². The van der Waals surface area contributed by atoms with Gasteiger partial charge in [-0.05, 0) is 94.5 Å². The quantitative estimate of drug-likeness (QED) is 0.169. The Bertz CT molecular complexity index is 3390. The topological polar surface area (TPSA) is 30.4 Å². The van der Waals surface area contributed by atoms with E-state index in [0.717, 1.165) is 67.3 Å². The lowest BCUT2D eigenvalue weighted by atomic mass is 9.82. The van der Waals surface area contributed by atoms with Crippen LogP contribution in [0.5, 0.6) is 0 Å². The minimum atomic E-state index is -0.134. The van der Waals surface area contributed by atoms with Gasteiger partial charge >= 0.3 is 0 Å². The van der Waals surface area contributed by atoms with Crippen LogP contribution in [0.3, 0.4) is 0 Å². The molecule has 59 heavy (non-hydrogen) atoms. The van der Waals surface area contributed by atoms with Crippen molar-refractivity contribution < 1.29 is 0 Å². The normalized spacial score (nSPS) is 13.1. The molecule has 0 saturated heterocycles. The number of fused-ring (bicyclic) bond motifs is 10. The maximum Gasteiger partial charge on any atom is 0.221 e. The van der Waals surface area contributed by atoms with Crippen molar-refractivity contribution in [3.05, 3.63) is 211 Å². The highest BCUT2D eigenvalue weighted by Crippen LogP contribution is 2.54. The summed E-state index contributed by atoms with van der Waals surface area (Å²) in [5, 5.41) is 1.13. The highest BCUT2D eigenvalue weighted by Gasteiger charge is 2.38. The van der Waals surface area contributed by atoms with Gasteiger partial charge in [0.05, 0.1) is 22.2 Å². The van der Waals surface area contributed by atoms with Crippen LogP contribution >= 0.6 is 0 Å². The lowest BCUT2D eigenvalue weighted by molar-refractivity contribution is 0.660. The van der Waals surface area contributed by atoms with Gasteiger partial charge in [-0.2, -0.15) is 0 Å². The molecule has 0 atom stereocenters. The second-order valence-corrected chi connectivity index (χ2v) is 16.1. The molecule has 280 valence electrons. The summed E-state index contributed by atoms with van der Waals surface area (Å²) in [5.41, 5.74) is 18.3. The van der Waals surface area contributed by atoms with Crippen LogP contribution in [0.25, 0.3) is 72.5 Å². The molecule has 5 nitrogen and oxygen atoms in total. The second kappa shape index (κ2) is 12.7. The highest BCUT2D eigenvalue weighted by molar-refractivity contribution is 6.09. The van der Waals surface area contributed by atoms with Crippen LogP contribution in [-0.4, -0.2) is 18.5 Å². The van der Waals surface area contributed by atoms with Gasteiger partial charge in [-0.25, -0.2) is 4.98 Å². The van der Waals surface area contributed by atoms with Gasteiger partial charge in [0.25, 0.3) is 0 Å². The summed E-state index contributed by atoms with van der Waals surface area (Å²) < 4.78 is 7.04. The Morgan fingerprint density at radius 3 is 1.85 bits per heavy atom. The van der Waals surface area contributed by atoms with E-state index in [2.05, 4.69) is 232 Å². The Labute approximate surface area is 342 Å². The van der Waals surface area contributed by atoms with Crippen molar-refractivity contribution in [1.29, 1.82) is 0 Å². The molecule has 8 aromatic carbocycles. The lowest BCUT2D eigenvalue weighted by Crippen LogP contribution is -2.16. The van der Waals surface area contributed by atoms with Gasteiger partial charge in [-0.15, -0.1) is 0 Å². The Hall–Kier alpha value is -7.63. The van der Waals surface area contributed by atoms with Gasteiger partial charge in [0.15, 0.2) is 5.65 Å². The summed E-state index contributed by atoms with van der Waals surface area (Å²) in [7, 11) is 0. The Balaban J connectivity index is 1.16. The number of hydrogen-bond donors (Lipinski definition) is 0. The van der Waals surface area contributed by atoms with Gasteiger partial charge in [-0.3, -0.25) is 13.5 Å². The molecule has 0 amide bonds. The smallest absolute Gasteiger partial charge is 0.221 e. The molecule has 0 bridgehead atoms. The van der Waals surface area contributed by atoms with E-state index in [9.17, 15) is 0 Å². The van der Waals surface area contributed by atoms with Crippen molar-refractivity contribution in [3.8, 4) is 33.6 Å². The average molecular weight is 758 g/mol. The number of nitrogens with zero attached hydrogens (tertiary/aromatic N) is 5. The lowest BCUT2D eigenvalue weighted by Gasteiger charge is -2.29. The number of hydrogen-bond acceptors (Lipinski definition) is 2. The molecule has 0 saturated carbocycles. The van der Waals surface area contributed by atoms with E-state index < -0.39 is 0 Å². The third-order valence-electron chi connectivity index (χ3n) is 12.4. The van der Waals surface area contributed by atoms with Gasteiger partial charge in [0.2, 0.25) is 5.78 Å². The molecule has 0 fully saturated rings. The predicted molar refractivity (Wildman–Crippen MR) is 244 cm³/mol. The molecular formula is C54H39N5. The summed E-state index contributed by atoms with van der Waals surface area (Å²) >= 11 is 0. The fraction of sp³-hybridized carbons (Fsp3) is 0.0556. The van der Waals surface area contributed by atoms with Crippen LogP contribution in [0.4, 0.5) is 17.1 Å². The first kappa shape index (κ1) is 33.5. The average Bonchev–Trinajstić information content (AvgIpc) is 3.99. The SMILES string of the molecule is CC1(C)c2ccccc2-c2c(N(c3ccc(-c4ccccc4)cc3)c3ccc4c(c3)n(-c3ccccc3)c3nc5c6ccccc6n(-c6ccccc6)c5n43)cccc21. The van der Waals surface area contributed by atoms with E-state index in [4.69, 9.17) is 4.98 Å². The summed E-state index contributed by atoms with van der Waals surface area (Å²) in [6.07, 6.45) is 0. The molecule has 0 unspecified atom stereocenters. The van der Waals surface area contributed by atoms with Crippen molar-refractivity contribution in [3.63, 3.8) is 0 Å². The third kappa shape index (κ3) is 4.88.